The number of unbranched alkanes of at least 4 members (excludes halogenated alkanes) is 2. The van der Waals surface area contributed by atoms with E-state index in [1.54, 1.807) is 4.90 Å². The van der Waals surface area contributed by atoms with Gasteiger partial charge in [-0.3, -0.25) is 14.9 Å². The maximum absolute atomic E-state index is 13.1. The molecule has 0 atom stereocenters. The zero-order valence-electron chi connectivity index (χ0n) is 26.0. The molecule has 5 N–H and O–H groups in total. The van der Waals surface area contributed by atoms with E-state index < -0.39 is 0 Å². The Hall–Kier alpha value is -5.00. The molecule has 1 aromatic heterocycles. The summed E-state index contributed by atoms with van der Waals surface area (Å²) in [6.45, 7) is 2.21. The normalized spacial score (nSPS) is 14.7. The van der Waals surface area contributed by atoms with Gasteiger partial charge in [0.1, 0.15) is 0 Å². The number of nitrogens with one attached hydrogen (secondary N) is 5. The second-order valence-corrected chi connectivity index (χ2v) is 11.8. The number of amides is 6. The molecule has 0 radical (unpaired) electrons. The minimum Gasteiger partial charge on any atom is -0.356 e. The van der Waals surface area contributed by atoms with Crippen LogP contribution in [-0.2, 0) is 17.6 Å². The van der Waals surface area contributed by atoms with Crippen LogP contribution >= 0.6 is 0 Å². The van der Waals surface area contributed by atoms with E-state index in [9.17, 15) is 19.2 Å². The van der Waals surface area contributed by atoms with E-state index in [4.69, 9.17) is 0 Å². The molecule has 1 fully saturated rings. The molecule has 46 heavy (non-hydrogen) atoms. The van der Waals surface area contributed by atoms with Crippen molar-refractivity contribution in [2.75, 3.05) is 36.8 Å². The Kier molecular flexibility index (Phi) is 11.5. The van der Waals surface area contributed by atoms with Crippen LogP contribution in [0.15, 0.2) is 67.0 Å². The van der Waals surface area contributed by atoms with Gasteiger partial charge in [0.05, 0.1) is 0 Å². The molecule has 0 spiro atoms. The number of piperidine rings is 1. The summed E-state index contributed by atoms with van der Waals surface area (Å²) >= 11 is 0. The van der Waals surface area contributed by atoms with Gasteiger partial charge in [-0.25, -0.2) is 19.6 Å². The van der Waals surface area contributed by atoms with Gasteiger partial charge in [0.15, 0.2) is 11.5 Å². The summed E-state index contributed by atoms with van der Waals surface area (Å²) in [4.78, 5) is 60.5. The zero-order valence-corrected chi connectivity index (χ0v) is 26.0. The van der Waals surface area contributed by atoms with E-state index >= 15 is 0 Å². The fraction of sp³-hybridized carbons (Fsp3) is 0.412. The smallest absolute Gasteiger partial charge is 0.323 e. The van der Waals surface area contributed by atoms with Crippen LogP contribution in [0.25, 0.3) is 0 Å². The summed E-state index contributed by atoms with van der Waals surface area (Å²) in [5.41, 5.74) is 3.30. The fourth-order valence-corrected chi connectivity index (χ4v) is 5.86. The monoisotopic (exact) mass is 626 g/mol. The van der Waals surface area contributed by atoms with Crippen LogP contribution in [-0.4, -0.2) is 71.0 Å². The fourth-order valence-electron chi connectivity index (χ4n) is 5.86. The molecule has 1 saturated heterocycles. The van der Waals surface area contributed by atoms with E-state index in [0.29, 0.717) is 32.6 Å². The number of carbonyl (C=O) groups is 4. The number of anilines is 2. The number of hydrogen-bond donors (Lipinski definition) is 5. The quantitative estimate of drug-likeness (QED) is 0.190. The number of rotatable bonds is 12. The lowest BCUT2D eigenvalue weighted by molar-refractivity contribution is -0.121. The van der Waals surface area contributed by atoms with Crippen LogP contribution in [0.1, 0.15) is 60.1 Å². The van der Waals surface area contributed by atoms with Crippen molar-refractivity contribution in [2.45, 2.75) is 57.4 Å². The third-order valence-electron chi connectivity index (χ3n) is 8.41. The van der Waals surface area contributed by atoms with Gasteiger partial charge in [-0.2, -0.15) is 0 Å². The number of fused-ring (bicyclic) bond motifs is 1. The van der Waals surface area contributed by atoms with Crippen LogP contribution < -0.4 is 26.6 Å². The molecule has 2 aromatic carbocycles. The van der Waals surface area contributed by atoms with Gasteiger partial charge in [0.25, 0.3) is 5.91 Å². The summed E-state index contributed by atoms with van der Waals surface area (Å²) < 4.78 is 0. The lowest BCUT2D eigenvalue weighted by Crippen LogP contribution is -2.44. The highest BCUT2D eigenvalue weighted by Gasteiger charge is 2.27. The van der Waals surface area contributed by atoms with E-state index in [2.05, 4.69) is 48.7 Å². The zero-order chi connectivity index (χ0) is 32.1. The van der Waals surface area contributed by atoms with Crippen molar-refractivity contribution in [2.24, 2.45) is 5.92 Å². The second-order valence-electron chi connectivity index (χ2n) is 11.8. The Morgan fingerprint density at radius 3 is 2.22 bits per heavy atom. The SMILES string of the molecule is O=C(CCCCCNC(=O)Nc1ccccc1)NCC1CCN(C(=O)Nc2nccnc2C(=O)NC2Cc3ccccc3C2)CC1. The first-order chi connectivity index (χ1) is 22.4. The van der Waals surface area contributed by atoms with Crippen molar-refractivity contribution in [1.82, 2.24) is 30.8 Å². The average Bonchev–Trinajstić information content (AvgIpc) is 3.48. The number of hydrogen-bond acceptors (Lipinski definition) is 6. The van der Waals surface area contributed by atoms with Crippen LogP contribution in [0.3, 0.4) is 0 Å². The summed E-state index contributed by atoms with van der Waals surface area (Å²) in [6, 6.07) is 16.8. The Balaban J connectivity index is 0.945. The molecule has 2 aliphatic rings. The standard InChI is InChI=1S/C34H42N8O4/c43-29(13-5-2-8-16-37-33(45)40-27-11-3-1-4-12-27)38-23-24-14-19-42(20-15-24)34(46)41-31-30(35-17-18-36-31)32(44)39-28-21-25-9-6-7-10-26(25)22-28/h1,3-4,6-7,9-12,17-18,24,28H,2,5,8,13-16,19-23H2,(H,38,43)(H,39,44)(H,36,41,46)(H2,37,40,45). The highest BCUT2D eigenvalue weighted by Crippen LogP contribution is 2.23. The number of aromatic nitrogens is 2. The molecule has 12 nitrogen and oxygen atoms in total. The van der Waals surface area contributed by atoms with Gasteiger partial charge in [-0.15, -0.1) is 0 Å². The summed E-state index contributed by atoms with van der Waals surface area (Å²) in [5.74, 6) is 0.0818. The molecule has 242 valence electrons. The molecule has 1 aliphatic heterocycles. The molecule has 1 aliphatic carbocycles. The molecular formula is C34H42N8O4. The average molecular weight is 627 g/mol. The molecule has 0 bridgehead atoms. The number of carbonyl (C=O) groups excluding carboxylic acids is 4. The van der Waals surface area contributed by atoms with Gasteiger partial charge in [-0.1, -0.05) is 48.9 Å². The summed E-state index contributed by atoms with van der Waals surface area (Å²) in [6.07, 6.45) is 8.78. The van der Waals surface area contributed by atoms with Gasteiger partial charge in [0, 0.05) is 56.7 Å². The van der Waals surface area contributed by atoms with Gasteiger partial charge in [0.2, 0.25) is 5.91 Å². The van der Waals surface area contributed by atoms with Gasteiger partial charge < -0.3 is 26.2 Å². The Labute approximate surface area is 269 Å². The topological polar surface area (TPSA) is 157 Å². The molecule has 5 rings (SSSR count). The lowest BCUT2D eigenvalue weighted by atomic mass is 9.97. The van der Waals surface area contributed by atoms with E-state index in [1.807, 2.05) is 42.5 Å². The molecule has 6 amide bonds. The molecule has 2 heterocycles. The Bertz CT molecular complexity index is 1470. The number of nitrogens with zero attached hydrogens (tertiary/aromatic N) is 3. The predicted molar refractivity (Wildman–Crippen MR) is 175 cm³/mol. The van der Waals surface area contributed by atoms with Crippen molar-refractivity contribution in [3.8, 4) is 0 Å². The maximum atomic E-state index is 13.1. The Morgan fingerprint density at radius 2 is 1.48 bits per heavy atom. The number of benzene rings is 2. The van der Waals surface area contributed by atoms with Crippen molar-refractivity contribution in [1.29, 1.82) is 0 Å². The van der Waals surface area contributed by atoms with Gasteiger partial charge >= 0.3 is 12.1 Å². The highest BCUT2D eigenvalue weighted by molar-refractivity contribution is 6.00. The third-order valence-corrected chi connectivity index (χ3v) is 8.41. The summed E-state index contributed by atoms with van der Waals surface area (Å²) in [5, 5.41) is 14.5. The minimum atomic E-state index is -0.362. The van der Waals surface area contributed by atoms with Crippen molar-refractivity contribution in [3.63, 3.8) is 0 Å². The molecular weight excluding hydrogens is 584 g/mol. The van der Waals surface area contributed by atoms with E-state index in [0.717, 1.165) is 50.6 Å². The van der Waals surface area contributed by atoms with Crippen LogP contribution in [0.4, 0.5) is 21.1 Å². The number of urea groups is 2. The van der Waals surface area contributed by atoms with Crippen LogP contribution in [0.2, 0.25) is 0 Å². The molecule has 0 unspecified atom stereocenters. The number of para-hydroxylation sites is 1. The van der Waals surface area contributed by atoms with E-state index in [1.165, 1.54) is 23.5 Å². The van der Waals surface area contributed by atoms with Crippen molar-refractivity contribution in [3.05, 3.63) is 83.8 Å². The first kappa shape index (κ1) is 32.4. The molecule has 3 aromatic rings. The lowest BCUT2D eigenvalue weighted by Gasteiger charge is -2.32. The van der Waals surface area contributed by atoms with Crippen LogP contribution in [0, 0.1) is 5.92 Å². The van der Waals surface area contributed by atoms with Crippen molar-refractivity contribution < 1.29 is 19.2 Å². The molecule has 0 saturated carbocycles. The maximum Gasteiger partial charge on any atom is 0.323 e. The highest BCUT2D eigenvalue weighted by atomic mass is 16.2. The largest absolute Gasteiger partial charge is 0.356 e. The van der Waals surface area contributed by atoms with E-state index in [-0.39, 0.29) is 47.3 Å². The first-order valence-electron chi connectivity index (χ1n) is 16.1. The first-order valence-corrected chi connectivity index (χ1v) is 16.1. The number of likely N-dealkylation sites (tertiary alicyclic amines) is 1. The van der Waals surface area contributed by atoms with Crippen molar-refractivity contribution >= 4 is 35.4 Å². The second kappa shape index (κ2) is 16.4. The summed E-state index contributed by atoms with van der Waals surface area (Å²) in [7, 11) is 0. The minimum absolute atomic E-state index is 0.0184. The Morgan fingerprint density at radius 1 is 0.783 bits per heavy atom. The predicted octanol–water partition coefficient (Wildman–Crippen LogP) is 4.12. The molecule has 12 heteroatoms. The van der Waals surface area contributed by atoms with Gasteiger partial charge in [-0.05, 0) is 67.7 Å². The third kappa shape index (κ3) is 9.50. The van der Waals surface area contributed by atoms with Crippen LogP contribution in [0.5, 0.6) is 0 Å².